The normalized spacial score (nSPS) is 21.0. The highest BCUT2D eigenvalue weighted by Crippen LogP contribution is 2.32. The molecule has 12 heteroatoms. The molecule has 0 aliphatic carbocycles. The van der Waals surface area contributed by atoms with Crippen LogP contribution in [-0.4, -0.2) is 68.3 Å². The molecule has 1 aliphatic rings. The number of urea groups is 1. The van der Waals surface area contributed by atoms with Crippen molar-refractivity contribution in [3.8, 4) is 0 Å². The van der Waals surface area contributed by atoms with E-state index in [1.807, 2.05) is 0 Å². The van der Waals surface area contributed by atoms with Gasteiger partial charge in [0.05, 0.1) is 29.4 Å². The zero-order valence-corrected chi connectivity index (χ0v) is 17.7. The van der Waals surface area contributed by atoms with Crippen LogP contribution in [0.15, 0.2) is 29.2 Å². The van der Waals surface area contributed by atoms with Gasteiger partial charge in [-0.15, -0.1) is 11.8 Å². The molecule has 0 radical (unpaired) electrons. The van der Waals surface area contributed by atoms with Crippen molar-refractivity contribution in [2.24, 2.45) is 0 Å². The predicted molar refractivity (Wildman–Crippen MR) is 106 cm³/mol. The van der Waals surface area contributed by atoms with Crippen molar-refractivity contribution >= 4 is 33.5 Å². The number of carbonyl (C=O) groups excluding carboxylic acids is 1. The smallest absolute Gasteiger partial charge is 0.373 e. The molecule has 1 aromatic carbocycles. The van der Waals surface area contributed by atoms with E-state index in [9.17, 15) is 26.4 Å². The van der Waals surface area contributed by atoms with E-state index in [1.165, 1.54) is 16.4 Å². The molecule has 29 heavy (non-hydrogen) atoms. The number of nitrogens with one attached hydrogen (secondary N) is 2. The van der Waals surface area contributed by atoms with Crippen LogP contribution in [0.3, 0.4) is 0 Å². The Morgan fingerprint density at radius 2 is 1.86 bits per heavy atom. The number of amides is 2. The fourth-order valence-corrected chi connectivity index (χ4v) is 5.06. The van der Waals surface area contributed by atoms with Crippen molar-refractivity contribution < 1.29 is 31.1 Å². The molecule has 7 nitrogen and oxygen atoms in total. The van der Waals surface area contributed by atoms with E-state index in [2.05, 4.69) is 10.6 Å². The molecule has 2 N–H and O–H groups in total. The maximum Gasteiger partial charge on any atom is 0.398 e. The second-order valence-electron chi connectivity index (χ2n) is 6.67. The van der Waals surface area contributed by atoms with Crippen molar-refractivity contribution in [2.75, 3.05) is 36.5 Å². The SMILES string of the molecule is CC1CN(S(=O)(=O)CCNC(=O)Nc2ccccc2SCC(F)(F)F)CC(C)O1. The molecule has 1 saturated heterocycles. The standard InChI is InChI=1S/C17H24F3N3O4S2/c1-12-9-23(10-13(2)27-12)29(25,26)8-7-21-16(24)22-14-5-3-4-6-15(14)28-11-17(18,19)20/h3-6,12-13H,7-11H2,1-2H3,(H2,21,22,24). The zero-order chi connectivity index (χ0) is 21.7. The third kappa shape index (κ3) is 8.03. The van der Waals surface area contributed by atoms with Crippen LogP contribution >= 0.6 is 11.8 Å². The van der Waals surface area contributed by atoms with Crippen molar-refractivity contribution in [3.63, 3.8) is 0 Å². The molecule has 0 saturated carbocycles. The molecule has 2 unspecified atom stereocenters. The number of nitrogens with zero attached hydrogens (tertiary/aromatic N) is 1. The number of rotatable bonds is 7. The van der Waals surface area contributed by atoms with Crippen LogP contribution in [0.25, 0.3) is 0 Å². The molecule has 164 valence electrons. The van der Waals surface area contributed by atoms with Gasteiger partial charge in [0.25, 0.3) is 0 Å². The molecular formula is C17H24F3N3O4S2. The molecule has 0 aromatic heterocycles. The number of hydrogen-bond acceptors (Lipinski definition) is 5. The van der Waals surface area contributed by atoms with Gasteiger partial charge in [0.15, 0.2) is 0 Å². The fraction of sp³-hybridized carbons (Fsp3) is 0.588. The molecule has 0 spiro atoms. The van der Waals surface area contributed by atoms with Gasteiger partial charge in [-0.05, 0) is 26.0 Å². The Labute approximate surface area is 172 Å². The highest BCUT2D eigenvalue weighted by Gasteiger charge is 2.31. The van der Waals surface area contributed by atoms with Crippen LogP contribution in [0.2, 0.25) is 0 Å². The number of para-hydroxylation sites is 1. The fourth-order valence-electron chi connectivity index (χ4n) is 2.80. The molecule has 1 heterocycles. The summed E-state index contributed by atoms with van der Waals surface area (Å²) in [5, 5.41) is 4.89. The summed E-state index contributed by atoms with van der Waals surface area (Å²) in [6.45, 7) is 3.95. The van der Waals surface area contributed by atoms with Gasteiger partial charge in [-0.3, -0.25) is 0 Å². The largest absolute Gasteiger partial charge is 0.398 e. The van der Waals surface area contributed by atoms with Crippen LogP contribution in [0, 0.1) is 0 Å². The van der Waals surface area contributed by atoms with Gasteiger partial charge in [-0.25, -0.2) is 13.2 Å². The lowest BCUT2D eigenvalue weighted by molar-refractivity contribution is -0.105. The summed E-state index contributed by atoms with van der Waals surface area (Å²) >= 11 is 0.561. The Bertz CT molecular complexity index is 795. The van der Waals surface area contributed by atoms with Gasteiger partial charge in [0.1, 0.15) is 0 Å². The quantitative estimate of drug-likeness (QED) is 0.618. The monoisotopic (exact) mass is 455 g/mol. The zero-order valence-electron chi connectivity index (χ0n) is 16.0. The number of hydrogen-bond donors (Lipinski definition) is 2. The lowest BCUT2D eigenvalue weighted by atomic mass is 10.3. The molecule has 2 atom stereocenters. The van der Waals surface area contributed by atoms with Gasteiger partial charge < -0.3 is 15.4 Å². The van der Waals surface area contributed by atoms with Gasteiger partial charge in [0, 0.05) is 24.5 Å². The molecular weight excluding hydrogens is 431 g/mol. The average Bonchev–Trinajstić information content (AvgIpc) is 2.59. The summed E-state index contributed by atoms with van der Waals surface area (Å²) < 4.78 is 69.0. The Kier molecular flexibility index (Phi) is 8.20. The van der Waals surface area contributed by atoms with E-state index in [0.29, 0.717) is 11.8 Å². The number of thioether (sulfide) groups is 1. The first kappa shape index (κ1) is 23.8. The maximum absolute atomic E-state index is 12.4. The highest BCUT2D eigenvalue weighted by molar-refractivity contribution is 7.99. The molecule has 1 fully saturated rings. The summed E-state index contributed by atoms with van der Waals surface area (Å²) in [5.74, 6) is -1.37. The van der Waals surface area contributed by atoms with E-state index in [1.54, 1.807) is 26.0 Å². The molecule has 1 aliphatic heterocycles. The molecule has 1 aromatic rings. The van der Waals surface area contributed by atoms with E-state index in [0.717, 1.165) is 0 Å². The van der Waals surface area contributed by atoms with Crippen LogP contribution < -0.4 is 10.6 Å². The maximum atomic E-state index is 12.4. The molecule has 2 rings (SSSR count). The third-order valence-corrected chi connectivity index (χ3v) is 6.90. The summed E-state index contributed by atoms with van der Waals surface area (Å²) in [6, 6.07) is 5.41. The minimum atomic E-state index is -4.33. The number of morpholine rings is 1. The predicted octanol–water partition coefficient (Wildman–Crippen LogP) is 2.90. The Morgan fingerprint density at radius 1 is 1.24 bits per heavy atom. The summed E-state index contributed by atoms with van der Waals surface area (Å²) in [4.78, 5) is 12.3. The van der Waals surface area contributed by atoms with Crippen molar-refractivity contribution in [2.45, 2.75) is 37.1 Å². The van der Waals surface area contributed by atoms with Crippen molar-refractivity contribution in [3.05, 3.63) is 24.3 Å². The van der Waals surface area contributed by atoms with E-state index in [-0.39, 0.29) is 48.2 Å². The van der Waals surface area contributed by atoms with Gasteiger partial charge >= 0.3 is 12.2 Å². The second kappa shape index (κ2) is 10.0. The van der Waals surface area contributed by atoms with Crippen LogP contribution in [0.1, 0.15) is 13.8 Å². The summed E-state index contributed by atoms with van der Waals surface area (Å²) in [7, 11) is -3.57. The number of sulfonamides is 1. The average molecular weight is 456 g/mol. The first-order valence-corrected chi connectivity index (χ1v) is 11.5. The second-order valence-corrected chi connectivity index (χ2v) is 9.78. The number of alkyl halides is 3. The first-order valence-electron chi connectivity index (χ1n) is 8.93. The number of benzene rings is 1. The topological polar surface area (TPSA) is 87.7 Å². The Hall–Kier alpha value is -1.50. The van der Waals surface area contributed by atoms with Gasteiger partial charge in [-0.1, -0.05) is 12.1 Å². The highest BCUT2D eigenvalue weighted by atomic mass is 32.2. The third-order valence-electron chi connectivity index (χ3n) is 3.95. The first-order chi connectivity index (χ1) is 13.5. The van der Waals surface area contributed by atoms with E-state index in [4.69, 9.17) is 4.74 Å². The summed E-state index contributed by atoms with van der Waals surface area (Å²) in [5.41, 5.74) is 0.220. The van der Waals surface area contributed by atoms with Crippen LogP contribution in [-0.2, 0) is 14.8 Å². The van der Waals surface area contributed by atoms with Gasteiger partial charge in [-0.2, -0.15) is 17.5 Å². The van der Waals surface area contributed by atoms with Crippen molar-refractivity contribution in [1.82, 2.24) is 9.62 Å². The summed E-state index contributed by atoms with van der Waals surface area (Å²) in [6.07, 6.45) is -4.76. The van der Waals surface area contributed by atoms with E-state index < -0.39 is 28.0 Å². The van der Waals surface area contributed by atoms with Crippen LogP contribution in [0.5, 0.6) is 0 Å². The molecule has 0 bridgehead atoms. The lowest BCUT2D eigenvalue weighted by Gasteiger charge is -2.34. The van der Waals surface area contributed by atoms with E-state index >= 15 is 0 Å². The van der Waals surface area contributed by atoms with Crippen molar-refractivity contribution in [1.29, 1.82) is 0 Å². The van der Waals surface area contributed by atoms with Crippen LogP contribution in [0.4, 0.5) is 23.7 Å². The molecule has 2 amide bonds. The Morgan fingerprint density at radius 3 is 2.48 bits per heavy atom. The number of halogens is 3. The minimum absolute atomic E-state index is 0.133. The minimum Gasteiger partial charge on any atom is -0.373 e. The number of ether oxygens (including phenoxy) is 1. The Balaban J connectivity index is 1.86. The van der Waals surface area contributed by atoms with Gasteiger partial charge in [0.2, 0.25) is 10.0 Å². The number of carbonyl (C=O) groups is 1. The number of anilines is 1. The lowest BCUT2D eigenvalue weighted by Crippen LogP contribution is -2.49.